The van der Waals surface area contributed by atoms with Gasteiger partial charge < -0.3 is 5.11 Å². The molecule has 0 amide bonds. The molecule has 3 nitrogen and oxygen atoms in total. The van der Waals surface area contributed by atoms with Crippen LogP contribution in [0.15, 0.2) is 36.5 Å². The zero-order chi connectivity index (χ0) is 13.8. The van der Waals surface area contributed by atoms with Crippen molar-refractivity contribution in [3.8, 4) is 11.3 Å². The lowest BCUT2D eigenvalue weighted by molar-refractivity contribution is 0.232. The van der Waals surface area contributed by atoms with E-state index in [9.17, 15) is 9.50 Å². The van der Waals surface area contributed by atoms with E-state index in [0.29, 0.717) is 17.1 Å². The van der Waals surface area contributed by atoms with Crippen molar-refractivity contribution in [2.24, 2.45) is 5.92 Å². The molecule has 1 atom stereocenters. The average molecular weight is 260 g/mol. The van der Waals surface area contributed by atoms with Crippen molar-refractivity contribution in [1.82, 2.24) is 9.97 Å². The minimum Gasteiger partial charge on any atom is -0.396 e. The minimum atomic E-state index is -0.291. The maximum Gasteiger partial charge on any atom is 0.134 e. The first-order valence-corrected chi connectivity index (χ1v) is 6.31. The van der Waals surface area contributed by atoms with Crippen molar-refractivity contribution in [2.75, 3.05) is 6.61 Å². The highest BCUT2D eigenvalue weighted by molar-refractivity contribution is 5.58. The maximum atomic E-state index is 13.2. The topological polar surface area (TPSA) is 46.0 Å². The molecule has 0 aliphatic heterocycles. The largest absolute Gasteiger partial charge is 0.396 e. The van der Waals surface area contributed by atoms with Gasteiger partial charge in [0.2, 0.25) is 0 Å². The number of nitrogens with zero attached hydrogens (tertiary/aromatic N) is 2. The van der Waals surface area contributed by atoms with Crippen LogP contribution in [0.4, 0.5) is 4.39 Å². The fourth-order valence-corrected chi connectivity index (χ4v) is 1.95. The molecule has 1 aromatic heterocycles. The summed E-state index contributed by atoms with van der Waals surface area (Å²) in [6.07, 6.45) is 1.65. The smallest absolute Gasteiger partial charge is 0.134 e. The average Bonchev–Trinajstić information content (AvgIpc) is 2.39. The second-order valence-electron chi connectivity index (χ2n) is 4.84. The summed E-state index contributed by atoms with van der Waals surface area (Å²) in [4.78, 5) is 8.65. The van der Waals surface area contributed by atoms with Crippen LogP contribution in [0, 0.1) is 11.7 Å². The van der Waals surface area contributed by atoms with E-state index >= 15 is 0 Å². The van der Waals surface area contributed by atoms with Crippen molar-refractivity contribution < 1.29 is 9.50 Å². The maximum absolute atomic E-state index is 13.2. The van der Waals surface area contributed by atoms with Gasteiger partial charge in [0, 0.05) is 17.7 Å². The molecule has 0 spiro atoms. The standard InChI is InChI=1S/C15H17FN2O/c1-10(2)13(9-19)15-17-7-6-14(18-15)11-4-3-5-12(16)8-11/h3-8,10,13,19H,9H2,1-2H3. The van der Waals surface area contributed by atoms with Gasteiger partial charge in [0.1, 0.15) is 11.6 Å². The monoisotopic (exact) mass is 260 g/mol. The molecule has 0 saturated heterocycles. The number of hydrogen-bond acceptors (Lipinski definition) is 3. The van der Waals surface area contributed by atoms with Crippen LogP contribution in [0.25, 0.3) is 11.3 Å². The van der Waals surface area contributed by atoms with Crippen molar-refractivity contribution >= 4 is 0 Å². The van der Waals surface area contributed by atoms with Crippen LogP contribution in [0.2, 0.25) is 0 Å². The Morgan fingerprint density at radius 3 is 2.68 bits per heavy atom. The Kier molecular flexibility index (Phi) is 4.22. The van der Waals surface area contributed by atoms with E-state index in [4.69, 9.17) is 0 Å². The molecule has 0 aliphatic rings. The molecule has 0 bridgehead atoms. The zero-order valence-electron chi connectivity index (χ0n) is 11.0. The molecular formula is C15H17FN2O. The molecule has 0 aliphatic carbocycles. The second kappa shape index (κ2) is 5.89. The molecule has 100 valence electrons. The van der Waals surface area contributed by atoms with Gasteiger partial charge in [-0.1, -0.05) is 26.0 Å². The van der Waals surface area contributed by atoms with Gasteiger partial charge in [0.15, 0.2) is 0 Å². The van der Waals surface area contributed by atoms with E-state index in [1.165, 1.54) is 12.1 Å². The number of aliphatic hydroxyl groups is 1. The summed E-state index contributed by atoms with van der Waals surface area (Å²) in [5.74, 6) is 0.445. The predicted molar refractivity (Wildman–Crippen MR) is 72.1 cm³/mol. The molecule has 2 aromatic rings. The molecule has 1 heterocycles. The molecule has 19 heavy (non-hydrogen) atoms. The van der Waals surface area contributed by atoms with Crippen molar-refractivity contribution in [3.05, 3.63) is 48.2 Å². The lowest BCUT2D eigenvalue weighted by Crippen LogP contribution is -2.14. The lowest BCUT2D eigenvalue weighted by atomic mass is 9.96. The fraction of sp³-hybridized carbons (Fsp3) is 0.333. The number of aliphatic hydroxyl groups excluding tert-OH is 1. The van der Waals surface area contributed by atoms with Gasteiger partial charge in [-0.25, -0.2) is 14.4 Å². The number of halogens is 1. The van der Waals surface area contributed by atoms with Gasteiger partial charge in [-0.2, -0.15) is 0 Å². The lowest BCUT2D eigenvalue weighted by Gasteiger charge is -2.17. The number of aromatic nitrogens is 2. The molecular weight excluding hydrogens is 243 g/mol. The number of benzene rings is 1. The predicted octanol–water partition coefficient (Wildman–Crippen LogP) is 3.01. The Balaban J connectivity index is 2.39. The number of hydrogen-bond donors (Lipinski definition) is 1. The van der Waals surface area contributed by atoms with Gasteiger partial charge in [-0.05, 0) is 24.1 Å². The van der Waals surface area contributed by atoms with E-state index in [0.717, 1.165) is 0 Å². The normalized spacial score (nSPS) is 12.7. The van der Waals surface area contributed by atoms with Gasteiger partial charge in [-0.3, -0.25) is 0 Å². The summed E-state index contributed by atoms with van der Waals surface area (Å²) in [7, 11) is 0. The third kappa shape index (κ3) is 3.15. The first kappa shape index (κ1) is 13.6. The molecule has 2 rings (SSSR count). The quantitative estimate of drug-likeness (QED) is 0.919. The SMILES string of the molecule is CC(C)C(CO)c1nccc(-c2cccc(F)c2)n1. The Morgan fingerprint density at radius 2 is 2.05 bits per heavy atom. The van der Waals surface area contributed by atoms with E-state index in [2.05, 4.69) is 9.97 Å². The van der Waals surface area contributed by atoms with E-state index in [1.54, 1.807) is 24.4 Å². The van der Waals surface area contributed by atoms with Crippen LogP contribution in [-0.2, 0) is 0 Å². The number of rotatable bonds is 4. The molecule has 0 fully saturated rings. The molecule has 1 aromatic carbocycles. The van der Waals surface area contributed by atoms with E-state index in [1.807, 2.05) is 13.8 Å². The zero-order valence-corrected chi connectivity index (χ0v) is 11.0. The Hall–Kier alpha value is -1.81. The van der Waals surface area contributed by atoms with Crippen LogP contribution >= 0.6 is 0 Å². The Bertz CT molecular complexity index is 557. The Morgan fingerprint density at radius 1 is 1.26 bits per heavy atom. The first-order valence-electron chi connectivity index (χ1n) is 6.31. The van der Waals surface area contributed by atoms with Gasteiger partial charge in [0.05, 0.1) is 12.3 Å². The summed E-state index contributed by atoms with van der Waals surface area (Å²) in [6, 6.07) is 8.04. The van der Waals surface area contributed by atoms with Gasteiger partial charge in [-0.15, -0.1) is 0 Å². The van der Waals surface area contributed by atoms with Gasteiger partial charge >= 0.3 is 0 Å². The molecule has 1 N–H and O–H groups in total. The van der Waals surface area contributed by atoms with Crippen LogP contribution in [0.3, 0.4) is 0 Å². The van der Waals surface area contributed by atoms with Crippen molar-refractivity contribution in [3.63, 3.8) is 0 Å². The van der Waals surface area contributed by atoms with Crippen molar-refractivity contribution in [2.45, 2.75) is 19.8 Å². The van der Waals surface area contributed by atoms with Gasteiger partial charge in [0.25, 0.3) is 0 Å². The van der Waals surface area contributed by atoms with Crippen LogP contribution in [0.1, 0.15) is 25.6 Å². The highest BCUT2D eigenvalue weighted by Gasteiger charge is 2.18. The van der Waals surface area contributed by atoms with Crippen molar-refractivity contribution in [1.29, 1.82) is 0 Å². The summed E-state index contributed by atoms with van der Waals surface area (Å²) < 4.78 is 13.2. The van der Waals surface area contributed by atoms with Crippen LogP contribution < -0.4 is 0 Å². The molecule has 4 heteroatoms. The van der Waals surface area contributed by atoms with Crippen LogP contribution in [0.5, 0.6) is 0 Å². The molecule has 0 radical (unpaired) electrons. The van der Waals surface area contributed by atoms with Crippen LogP contribution in [-0.4, -0.2) is 21.7 Å². The van der Waals surface area contributed by atoms with E-state index < -0.39 is 0 Å². The molecule has 0 saturated carbocycles. The third-order valence-electron chi connectivity index (χ3n) is 3.13. The minimum absolute atomic E-state index is 0.00424. The first-order chi connectivity index (χ1) is 9.11. The second-order valence-corrected chi connectivity index (χ2v) is 4.84. The summed E-state index contributed by atoms with van der Waals surface area (Å²) in [5.41, 5.74) is 1.38. The summed E-state index contributed by atoms with van der Waals surface area (Å²) in [5, 5.41) is 9.42. The molecule has 1 unspecified atom stereocenters. The Labute approximate surface area is 112 Å². The summed E-state index contributed by atoms with van der Waals surface area (Å²) >= 11 is 0. The third-order valence-corrected chi connectivity index (χ3v) is 3.13. The fourth-order valence-electron chi connectivity index (χ4n) is 1.95. The highest BCUT2D eigenvalue weighted by Crippen LogP contribution is 2.23. The van der Waals surface area contributed by atoms with E-state index in [-0.39, 0.29) is 24.3 Å². The summed E-state index contributed by atoms with van der Waals surface area (Å²) in [6.45, 7) is 4.03. The highest BCUT2D eigenvalue weighted by atomic mass is 19.1.